The molecule has 1 heterocycles. The van der Waals surface area contributed by atoms with E-state index in [0.29, 0.717) is 38.9 Å². The van der Waals surface area contributed by atoms with Crippen LogP contribution in [0.3, 0.4) is 0 Å². The molecule has 0 aromatic rings. The van der Waals surface area contributed by atoms with Crippen molar-refractivity contribution >= 4 is 53.0 Å². The molecule has 20 nitrogen and oxygen atoms in total. The molecule has 0 aromatic heterocycles. The first kappa shape index (κ1) is 67.3. The predicted octanol–water partition coefficient (Wildman–Crippen LogP) is 3.05. The molecule has 426 valence electrons. The average Bonchev–Trinajstić information content (AvgIpc) is 3.73. The quantitative estimate of drug-likeness (QED) is 0.0402. The number of carbonyl (C=O) groups excluding carboxylic acids is 9. The number of unbranched alkanes of at least 4 members (excludes halogenated alkanes) is 5. The highest BCUT2D eigenvalue weighted by Gasteiger charge is 2.43. The Balaban J connectivity index is 3.18. The van der Waals surface area contributed by atoms with Crippen LogP contribution < -0.4 is 42.5 Å². The minimum atomic E-state index is -1.63. The van der Waals surface area contributed by atoms with Crippen LogP contribution in [0.1, 0.15) is 186 Å². The summed E-state index contributed by atoms with van der Waals surface area (Å²) < 4.78 is 0. The number of carbonyl (C=O) groups is 9. The fourth-order valence-electron chi connectivity index (χ4n) is 8.99. The third-order valence-electron chi connectivity index (χ3n) is 14.4. The van der Waals surface area contributed by atoms with Crippen molar-refractivity contribution < 1.29 is 53.4 Å². The molecule has 1 saturated heterocycles. The van der Waals surface area contributed by atoms with Crippen LogP contribution in [-0.2, 0) is 43.2 Å². The lowest BCUT2D eigenvalue weighted by molar-refractivity contribution is -0.143. The monoisotopic (exact) mass is 1050 g/mol. The van der Waals surface area contributed by atoms with Gasteiger partial charge in [0, 0.05) is 57.4 Å². The number of amides is 8. The summed E-state index contributed by atoms with van der Waals surface area (Å²) in [6.07, 6.45) is 7.96. The Kier molecular flexibility index (Phi) is 31.0. The molecule has 0 bridgehead atoms. The smallest absolute Gasteiger partial charge is 0.245 e. The minimum absolute atomic E-state index is 0.00549. The molecule has 0 aliphatic carbocycles. The molecule has 0 saturated carbocycles. The van der Waals surface area contributed by atoms with Crippen LogP contribution in [0.5, 0.6) is 0 Å². The third kappa shape index (κ3) is 23.5. The first-order valence-electron chi connectivity index (χ1n) is 27.7. The minimum Gasteiger partial charge on any atom is -0.395 e. The van der Waals surface area contributed by atoms with E-state index in [0.717, 1.165) is 32.1 Å². The average molecular weight is 1050 g/mol. The number of Topliss-reactive ketones (excluding diaryl/α,β-unsaturated/α-hetero) is 1. The maximum Gasteiger partial charge on any atom is 0.245 e. The molecule has 74 heavy (non-hydrogen) atoms. The number of hydrogen-bond donors (Lipinski definition) is 10. The van der Waals surface area contributed by atoms with Gasteiger partial charge in [-0.05, 0) is 84.5 Å². The van der Waals surface area contributed by atoms with Gasteiger partial charge < -0.3 is 57.6 Å². The molecule has 1 rings (SSSR count). The van der Waals surface area contributed by atoms with Crippen LogP contribution >= 0.6 is 0 Å². The van der Waals surface area contributed by atoms with Gasteiger partial charge in [0.2, 0.25) is 47.3 Å². The van der Waals surface area contributed by atoms with Crippen molar-refractivity contribution in [2.45, 2.75) is 234 Å². The van der Waals surface area contributed by atoms with Crippen molar-refractivity contribution in [3.05, 3.63) is 0 Å². The van der Waals surface area contributed by atoms with Crippen molar-refractivity contribution in [2.24, 2.45) is 23.7 Å². The van der Waals surface area contributed by atoms with E-state index in [1.807, 2.05) is 20.8 Å². The number of nitrogens with zero attached hydrogens (tertiary/aromatic N) is 1. The van der Waals surface area contributed by atoms with Crippen molar-refractivity contribution in [2.75, 3.05) is 32.8 Å². The molecule has 20 heteroatoms. The lowest BCUT2D eigenvalue weighted by Gasteiger charge is -2.34. The summed E-state index contributed by atoms with van der Waals surface area (Å²) >= 11 is 0. The summed E-state index contributed by atoms with van der Waals surface area (Å²) in [6, 6.07) is -4.60. The largest absolute Gasteiger partial charge is 0.395 e. The van der Waals surface area contributed by atoms with Gasteiger partial charge in [0.25, 0.3) is 0 Å². The molecule has 0 radical (unpaired) electrons. The molecule has 10 N–H and O–H groups in total. The van der Waals surface area contributed by atoms with Gasteiger partial charge in [-0.25, -0.2) is 0 Å². The highest BCUT2D eigenvalue weighted by molar-refractivity contribution is 5.99. The highest BCUT2D eigenvalue weighted by Crippen LogP contribution is 2.28. The van der Waals surface area contributed by atoms with E-state index in [2.05, 4.69) is 49.5 Å². The van der Waals surface area contributed by atoms with Gasteiger partial charge in [-0.2, -0.15) is 0 Å². The number of nitrogens with one attached hydrogen (secondary N) is 8. The normalized spacial score (nSPS) is 18.7. The lowest BCUT2D eigenvalue weighted by atomic mass is 9.92. The number of hydrogen-bond acceptors (Lipinski definition) is 12. The van der Waals surface area contributed by atoms with Gasteiger partial charge in [-0.1, -0.05) is 100 Å². The molecule has 11 unspecified atom stereocenters. The van der Waals surface area contributed by atoms with Gasteiger partial charge in [-0.15, -0.1) is 0 Å². The topological polar surface area (TPSA) is 294 Å². The van der Waals surface area contributed by atoms with Crippen LogP contribution in [0.15, 0.2) is 0 Å². The Morgan fingerprint density at radius 3 is 2.00 bits per heavy atom. The number of aliphatic hydroxyl groups excluding tert-OH is 2. The van der Waals surface area contributed by atoms with Crippen molar-refractivity contribution in [3.8, 4) is 0 Å². The second-order valence-electron chi connectivity index (χ2n) is 21.8. The molecule has 8 amide bonds. The van der Waals surface area contributed by atoms with E-state index in [4.69, 9.17) is 5.11 Å². The van der Waals surface area contributed by atoms with Crippen LogP contribution in [0.4, 0.5) is 0 Å². The second kappa shape index (κ2) is 34.1. The number of ketones is 1. The predicted molar refractivity (Wildman–Crippen MR) is 286 cm³/mol. The fraction of sp³-hybridized carbons (Fsp3) is 0.833. The Bertz CT molecular complexity index is 1820. The van der Waals surface area contributed by atoms with Crippen LogP contribution in [-0.4, -0.2) is 148 Å². The number of likely N-dealkylation sites (tertiary alicyclic amines) is 1. The summed E-state index contributed by atoms with van der Waals surface area (Å²) in [5.74, 6) is -5.60. The van der Waals surface area contributed by atoms with E-state index in [-0.39, 0.29) is 93.1 Å². The third-order valence-corrected chi connectivity index (χ3v) is 14.4. The summed E-state index contributed by atoms with van der Waals surface area (Å²) in [6.45, 7) is 23.7. The molecule has 0 aromatic carbocycles. The van der Waals surface area contributed by atoms with Gasteiger partial charge in [0.1, 0.15) is 41.0 Å². The first-order valence-corrected chi connectivity index (χ1v) is 27.7. The van der Waals surface area contributed by atoms with E-state index in [1.165, 1.54) is 27.2 Å². The van der Waals surface area contributed by atoms with Crippen LogP contribution in [0.2, 0.25) is 0 Å². The van der Waals surface area contributed by atoms with Crippen LogP contribution in [0.25, 0.3) is 0 Å². The summed E-state index contributed by atoms with van der Waals surface area (Å²) in [7, 11) is 0. The zero-order chi connectivity index (χ0) is 56.3. The summed E-state index contributed by atoms with van der Waals surface area (Å²) in [4.78, 5) is 124. The molecule has 11 atom stereocenters. The van der Waals surface area contributed by atoms with Gasteiger partial charge in [0.15, 0.2) is 0 Å². The Morgan fingerprint density at radius 1 is 0.743 bits per heavy atom. The van der Waals surface area contributed by atoms with E-state index < -0.39 is 82.7 Å². The fourth-order valence-corrected chi connectivity index (χ4v) is 8.99. The SMILES string of the molecule is CCCCCCCCC(C)C(=O)N1CCC(C)C1C(=O)NC(CC(C)CC(O)CC(=O)CC)C(=O)NC(C)C(=O)NC(C)(C)C(=O)NC(C(=O)NC(C)(CC)C(=O)NCCC(=O)NC(C)CNCCO)C(C)CC. The zero-order valence-corrected chi connectivity index (χ0v) is 47.4. The Morgan fingerprint density at radius 2 is 1.39 bits per heavy atom. The van der Waals surface area contributed by atoms with E-state index in [9.17, 15) is 48.3 Å². The van der Waals surface area contributed by atoms with Crippen LogP contribution in [0, 0.1) is 23.7 Å². The van der Waals surface area contributed by atoms with Crippen molar-refractivity contribution in [3.63, 3.8) is 0 Å². The van der Waals surface area contributed by atoms with Gasteiger partial charge in [-0.3, -0.25) is 43.2 Å². The van der Waals surface area contributed by atoms with Gasteiger partial charge in [0.05, 0.1) is 12.7 Å². The summed E-state index contributed by atoms with van der Waals surface area (Å²) in [5.41, 5.74) is -3.04. The zero-order valence-electron chi connectivity index (χ0n) is 47.4. The van der Waals surface area contributed by atoms with E-state index >= 15 is 0 Å². The highest BCUT2D eigenvalue weighted by atomic mass is 16.3. The molecule has 1 aliphatic rings. The number of rotatable bonds is 37. The van der Waals surface area contributed by atoms with Gasteiger partial charge >= 0.3 is 0 Å². The Labute approximate surface area is 442 Å². The molecular formula is C54H99N9O11. The van der Waals surface area contributed by atoms with Crippen molar-refractivity contribution in [1.29, 1.82) is 0 Å². The standard InChI is InChI=1S/C54H99N9O11/c1-14-18-19-20-21-22-23-37(8)50(72)63-28-25-36(7)45(63)49(71)59-42(31-34(5)30-41(66)32-40(65)16-3)47(69)58-39(10)46(68)61-53(11,12)51(73)60-44(35(6)15-2)48(70)62-54(13,17-4)52(74)56-26-24-43(67)57-38(9)33-55-27-29-64/h34-39,41-42,44-45,55,64,66H,14-33H2,1-13H3,(H,56,74)(H,57,67)(H,58,69)(H,59,71)(H,60,73)(H,61,68)(H,62,70). The molecule has 0 spiro atoms. The Hall–Kier alpha value is -4.69. The van der Waals surface area contributed by atoms with E-state index in [1.54, 1.807) is 46.4 Å². The lowest BCUT2D eigenvalue weighted by Crippen LogP contribution is -2.65. The summed E-state index contributed by atoms with van der Waals surface area (Å²) in [5, 5.41) is 42.0. The number of aliphatic hydroxyl groups is 2. The maximum absolute atomic E-state index is 14.2. The molecular weight excluding hydrogens is 951 g/mol. The second-order valence-corrected chi connectivity index (χ2v) is 21.8. The molecule has 1 aliphatic heterocycles. The first-order chi connectivity index (χ1) is 34.7. The van der Waals surface area contributed by atoms with Crippen molar-refractivity contribution in [1.82, 2.24) is 47.4 Å². The molecule has 1 fully saturated rings. The maximum atomic E-state index is 14.2.